The molecule has 0 saturated heterocycles. The van der Waals surface area contributed by atoms with E-state index in [1.807, 2.05) is 36.4 Å². The molecular formula is C31H35FN2O4Si. The molecule has 0 unspecified atom stereocenters. The Balaban J connectivity index is 2.02. The van der Waals surface area contributed by atoms with Gasteiger partial charge in [0.2, 0.25) is 11.8 Å². The van der Waals surface area contributed by atoms with E-state index in [4.69, 9.17) is 4.43 Å². The highest BCUT2D eigenvalue weighted by Crippen LogP contribution is 2.45. The second-order valence-electron chi connectivity index (χ2n) is 11.1. The molecule has 39 heavy (non-hydrogen) atoms. The molecule has 1 aliphatic rings. The number of fused-ring (bicyclic) bond motifs is 1. The third-order valence-corrected chi connectivity index (χ3v) is 12.4. The van der Waals surface area contributed by atoms with Crippen molar-refractivity contribution >= 4 is 42.0 Å². The van der Waals surface area contributed by atoms with Gasteiger partial charge in [0.1, 0.15) is 5.82 Å². The maximum absolute atomic E-state index is 15.4. The lowest BCUT2D eigenvalue weighted by atomic mass is 9.81. The van der Waals surface area contributed by atoms with Crippen LogP contribution in [0.3, 0.4) is 0 Å². The van der Waals surface area contributed by atoms with Crippen molar-refractivity contribution in [2.45, 2.75) is 65.1 Å². The molecule has 0 bridgehead atoms. The van der Waals surface area contributed by atoms with E-state index in [1.165, 1.54) is 19.9 Å². The number of hydrogen-bond acceptors (Lipinski definition) is 4. The van der Waals surface area contributed by atoms with Gasteiger partial charge < -0.3 is 15.1 Å². The van der Waals surface area contributed by atoms with E-state index in [9.17, 15) is 14.4 Å². The summed E-state index contributed by atoms with van der Waals surface area (Å²) >= 11 is 0. The normalized spacial score (nSPS) is 17.4. The molecule has 8 heteroatoms. The van der Waals surface area contributed by atoms with Gasteiger partial charge in [-0.1, -0.05) is 81.4 Å². The van der Waals surface area contributed by atoms with E-state index < -0.39 is 32.2 Å². The molecule has 0 fully saturated rings. The minimum atomic E-state index is -3.12. The van der Waals surface area contributed by atoms with Gasteiger partial charge in [0.05, 0.1) is 17.8 Å². The lowest BCUT2D eigenvalue weighted by Gasteiger charge is -2.47. The Morgan fingerprint density at radius 3 is 1.95 bits per heavy atom. The first-order valence-corrected chi connectivity index (χ1v) is 15.0. The second-order valence-corrected chi connectivity index (χ2v) is 15.4. The van der Waals surface area contributed by atoms with E-state index in [1.54, 1.807) is 6.92 Å². The van der Waals surface area contributed by atoms with Crippen molar-refractivity contribution in [3.63, 3.8) is 0 Å². The summed E-state index contributed by atoms with van der Waals surface area (Å²) in [5.41, 5.74) is 0.962. The maximum atomic E-state index is 15.4. The highest BCUT2D eigenvalue weighted by molar-refractivity contribution is 6.99. The largest absolute Gasteiger partial charge is 0.400 e. The van der Waals surface area contributed by atoms with E-state index in [0.717, 1.165) is 10.4 Å². The number of hydrogen-bond donors (Lipinski definition) is 2. The average molecular weight is 547 g/mol. The quantitative estimate of drug-likeness (QED) is 0.435. The van der Waals surface area contributed by atoms with Gasteiger partial charge in [-0.2, -0.15) is 0 Å². The number of nitrogens with one attached hydrogen (secondary N) is 2. The molecule has 0 spiro atoms. The minimum Gasteiger partial charge on any atom is -0.400 e. The summed E-state index contributed by atoms with van der Waals surface area (Å²) < 4.78 is 22.7. The third kappa shape index (κ3) is 5.31. The molecule has 0 saturated carbocycles. The van der Waals surface area contributed by atoms with Crippen molar-refractivity contribution in [1.82, 2.24) is 5.32 Å². The first-order chi connectivity index (χ1) is 18.4. The zero-order chi connectivity index (χ0) is 28.5. The molecule has 1 aliphatic carbocycles. The summed E-state index contributed by atoms with van der Waals surface area (Å²) in [6, 6.07) is 20.4. The summed E-state index contributed by atoms with van der Waals surface area (Å²) in [7, 11) is -3.12. The lowest BCUT2D eigenvalue weighted by Crippen LogP contribution is -2.67. The van der Waals surface area contributed by atoms with Crippen LogP contribution in [0.2, 0.25) is 5.04 Å². The number of carbonyl (C=O) groups excluding carboxylic acids is 3. The van der Waals surface area contributed by atoms with Crippen LogP contribution in [0.5, 0.6) is 0 Å². The minimum absolute atomic E-state index is 0.0803. The Bertz CT molecular complexity index is 1360. The van der Waals surface area contributed by atoms with Crippen LogP contribution in [0.25, 0.3) is 0 Å². The predicted molar refractivity (Wildman–Crippen MR) is 153 cm³/mol. The molecule has 2 atom stereocenters. The van der Waals surface area contributed by atoms with Crippen LogP contribution in [0.4, 0.5) is 10.1 Å². The summed E-state index contributed by atoms with van der Waals surface area (Å²) in [5, 5.41) is 7.09. The molecule has 0 heterocycles. The Labute approximate surface area is 230 Å². The maximum Gasteiger partial charge on any atom is 0.261 e. The van der Waals surface area contributed by atoms with Crippen LogP contribution in [0, 0.1) is 12.7 Å². The molecular weight excluding hydrogens is 511 g/mol. The average Bonchev–Trinajstić information content (AvgIpc) is 2.87. The molecule has 0 aliphatic heterocycles. The highest BCUT2D eigenvalue weighted by atomic mass is 28.4. The number of benzene rings is 3. The fourth-order valence-corrected chi connectivity index (χ4v) is 10.4. The van der Waals surface area contributed by atoms with Crippen molar-refractivity contribution in [3.8, 4) is 0 Å². The molecule has 3 aromatic rings. The number of carbonyl (C=O) groups is 3. The van der Waals surface area contributed by atoms with Gasteiger partial charge in [-0.3, -0.25) is 14.4 Å². The van der Waals surface area contributed by atoms with Crippen molar-refractivity contribution in [3.05, 3.63) is 89.2 Å². The Morgan fingerprint density at radius 2 is 1.49 bits per heavy atom. The molecule has 6 nitrogen and oxygen atoms in total. The zero-order valence-corrected chi connectivity index (χ0v) is 24.2. The van der Waals surface area contributed by atoms with E-state index >= 15 is 4.39 Å². The van der Waals surface area contributed by atoms with Crippen LogP contribution in [-0.4, -0.2) is 32.0 Å². The Kier molecular flexibility index (Phi) is 7.91. The molecule has 4 rings (SSSR count). The molecule has 3 aromatic carbocycles. The third-order valence-electron chi connectivity index (χ3n) is 7.33. The van der Waals surface area contributed by atoms with Gasteiger partial charge >= 0.3 is 0 Å². The predicted octanol–water partition coefficient (Wildman–Crippen LogP) is 4.80. The summed E-state index contributed by atoms with van der Waals surface area (Å²) in [4.78, 5) is 37.9. The number of ketones is 1. The van der Waals surface area contributed by atoms with Crippen LogP contribution in [0.1, 0.15) is 68.6 Å². The van der Waals surface area contributed by atoms with Crippen LogP contribution in [-0.2, 0) is 14.0 Å². The number of anilines is 1. The van der Waals surface area contributed by atoms with Crippen LogP contribution >= 0.6 is 0 Å². The topological polar surface area (TPSA) is 84.5 Å². The van der Waals surface area contributed by atoms with Crippen molar-refractivity contribution in [2.24, 2.45) is 0 Å². The first-order valence-electron chi connectivity index (χ1n) is 13.1. The van der Waals surface area contributed by atoms with Gasteiger partial charge in [-0.15, -0.1) is 0 Å². The lowest BCUT2D eigenvalue weighted by molar-refractivity contribution is -0.119. The van der Waals surface area contributed by atoms with Gasteiger partial charge in [-0.25, -0.2) is 4.39 Å². The van der Waals surface area contributed by atoms with Crippen molar-refractivity contribution in [2.75, 3.05) is 5.32 Å². The van der Waals surface area contributed by atoms with Gasteiger partial charge in [-0.05, 0) is 39.5 Å². The fraction of sp³-hybridized carbons (Fsp3) is 0.323. The number of halogens is 1. The smallest absolute Gasteiger partial charge is 0.261 e. The van der Waals surface area contributed by atoms with Gasteiger partial charge in [0.25, 0.3) is 8.32 Å². The summed E-state index contributed by atoms with van der Waals surface area (Å²) in [6.45, 7) is 10.7. The second kappa shape index (κ2) is 10.9. The Morgan fingerprint density at radius 1 is 0.949 bits per heavy atom. The van der Waals surface area contributed by atoms with Crippen LogP contribution < -0.4 is 21.0 Å². The summed E-state index contributed by atoms with van der Waals surface area (Å²) in [6.07, 6.45) is -0.594. The van der Waals surface area contributed by atoms with Crippen molar-refractivity contribution < 1.29 is 23.2 Å². The number of Topliss-reactive ketones (excluding diaryl/α,β-unsaturated/α-hetero) is 1. The van der Waals surface area contributed by atoms with E-state index in [2.05, 4.69) is 55.7 Å². The molecule has 2 N–H and O–H groups in total. The monoisotopic (exact) mass is 546 g/mol. The molecule has 0 aromatic heterocycles. The number of rotatable bonds is 6. The Hall–Kier alpha value is -3.62. The van der Waals surface area contributed by atoms with Crippen LogP contribution in [0.15, 0.2) is 66.7 Å². The molecule has 0 radical (unpaired) electrons. The van der Waals surface area contributed by atoms with E-state index in [-0.39, 0.29) is 40.0 Å². The van der Waals surface area contributed by atoms with Gasteiger partial charge in [0, 0.05) is 25.8 Å². The van der Waals surface area contributed by atoms with E-state index in [0.29, 0.717) is 5.56 Å². The SMILES string of the molecule is CC(=O)Nc1cc(F)c(C)c2c1C(=O)[C@@H](NC(C)=O)C[C@@H]2O[Si](c1ccccc1)(c1ccccc1)C(C)(C)C. The molecule has 204 valence electrons. The van der Waals surface area contributed by atoms with Gasteiger partial charge in [0.15, 0.2) is 5.78 Å². The summed E-state index contributed by atoms with van der Waals surface area (Å²) in [5.74, 6) is -1.71. The van der Waals surface area contributed by atoms with Crippen molar-refractivity contribution in [1.29, 1.82) is 0 Å². The first kappa shape index (κ1) is 28.4. The highest BCUT2D eigenvalue weighted by Gasteiger charge is 2.53. The fourth-order valence-electron chi connectivity index (χ4n) is 5.72. The standard InChI is InChI=1S/C31H35FN2O4Si/c1-19-24(32)17-25(33-20(2)35)29-28(19)27(18-26(30(29)37)34-21(3)36)38-39(31(4,5)6,22-13-9-7-10-14-22)23-15-11-8-12-16-23/h7-17,26-27H,18H2,1-6H3,(H,33,35)(H,34,36)/t26-,27-/m0/s1. The molecule has 2 amide bonds. The number of amides is 2. The zero-order valence-electron chi connectivity index (χ0n) is 23.2.